The van der Waals surface area contributed by atoms with Crippen molar-refractivity contribution >= 4 is 22.9 Å². The molecule has 94 valence electrons. The van der Waals surface area contributed by atoms with Gasteiger partial charge in [0.15, 0.2) is 0 Å². The Labute approximate surface area is 109 Å². The monoisotopic (exact) mass is 251 g/mol. The lowest BCUT2D eigenvalue weighted by Gasteiger charge is -2.27. The second kappa shape index (κ2) is 6.55. The van der Waals surface area contributed by atoms with Crippen LogP contribution in [-0.4, -0.2) is 23.1 Å². The number of thiocarbonyl (C=S) groups is 1. The Morgan fingerprint density at radius 2 is 2.24 bits per heavy atom. The third kappa shape index (κ3) is 4.69. The molecule has 0 fully saturated rings. The van der Waals surface area contributed by atoms with Crippen LogP contribution >= 0.6 is 12.2 Å². The van der Waals surface area contributed by atoms with Crippen LogP contribution in [0.2, 0.25) is 0 Å². The molecule has 4 heteroatoms. The molecular formula is C13H21N3S. The normalized spacial score (nSPS) is 10.6. The van der Waals surface area contributed by atoms with E-state index in [-0.39, 0.29) is 0 Å². The Hall–Kier alpha value is -1.16. The first-order valence-electron chi connectivity index (χ1n) is 5.94. The number of pyridine rings is 1. The van der Waals surface area contributed by atoms with Crippen molar-refractivity contribution in [3.8, 4) is 0 Å². The van der Waals surface area contributed by atoms with E-state index in [0.29, 0.717) is 10.9 Å². The second-order valence-electron chi connectivity index (χ2n) is 4.72. The van der Waals surface area contributed by atoms with Crippen molar-refractivity contribution in [2.75, 3.05) is 18.0 Å². The minimum Gasteiger partial charge on any atom is -0.393 e. The van der Waals surface area contributed by atoms with E-state index in [1.807, 2.05) is 12.4 Å². The van der Waals surface area contributed by atoms with E-state index < -0.39 is 0 Å². The van der Waals surface area contributed by atoms with Crippen molar-refractivity contribution in [2.24, 2.45) is 11.7 Å². The summed E-state index contributed by atoms with van der Waals surface area (Å²) in [6.07, 6.45) is 4.48. The van der Waals surface area contributed by atoms with Crippen molar-refractivity contribution in [2.45, 2.75) is 27.2 Å². The van der Waals surface area contributed by atoms with Crippen LogP contribution in [0.1, 0.15) is 25.8 Å². The Morgan fingerprint density at radius 3 is 2.76 bits per heavy atom. The van der Waals surface area contributed by atoms with Crippen LogP contribution < -0.4 is 10.6 Å². The first-order valence-corrected chi connectivity index (χ1v) is 6.35. The Morgan fingerprint density at radius 1 is 1.53 bits per heavy atom. The SMILES string of the molecule is Cc1cnccc1N(CCC(N)=S)CC(C)C. The molecule has 0 aliphatic heterocycles. The first kappa shape index (κ1) is 13.9. The summed E-state index contributed by atoms with van der Waals surface area (Å²) in [5, 5.41) is 0. The summed E-state index contributed by atoms with van der Waals surface area (Å²) < 4.78 is 0. The standard InChI is InChI=1S/C13H21N3S/c1-10(2)9-16(7-5-13(14)17)12-4-6-15-8-11(12)3/h4,6,8,10H,5,7,9H2,1-3H3,(H2,14,17). The smallest absolute Gasteiger partial charge is 0.0745 e. The van der Waals surface area contributed by atoms with Crippen LogP contribution in [-0.2, 0) is 0 Å². The zero-order chi connectivity index (χ0) is 12.8. The molecule has 0 unspecified atom stereocenters. The highest BCUT2D eigenvalue weighted by Gasteiger charge is 2.11. The zero-order valence-corrected chi connectivity index (χ0v) is 11.6. The predicted molar refractivity (Wildman–Crippen MR) is 77.4 cm³/mol. The molecule has 0 saturated heterocycles. The number of anilines is 1. The molecule has 1 aromatic rings. The van der Waals surface area contributed by atoms with E-state index in [9.17, 15) is 0 Å². The van der Waals surface area contributed by atoms with E-state index in [1.54, 1.807) is 0 Å². The molecule has 3 nitrogen and oxygen atoms in total. The molecule has 0 saturated carbocycles. The summed E-state index contributed by atoms with van der Waals surface area (Å²) in [6, 6.07) is 2.05. The van der Waals surface area contributed by atoms with Gasteiger partial charge in [0.2, 0.25) is 0 Å². The van der Waals surface area contributed by atoms with Gasteiger partial charge in [-0.05, 0) is 24.5 Å². The average molecular weight is 251 g/mol. The average Bonchev–Trinajstić information content (AvgIpc) is 2.24. The Bertz CT molecular complexity index is 377. The number of nitrogens with zero attached hydrogens (tertiary/aromatic N) is 2. The Balaban J connectivity index is 2.82. The molecule has 0 amide bonds. The number of aromatic nitrogens is 1. The largest absolute Gasteiger partial charge is 0.393 e. The van der Waals surface area contributed by atoms with E-state index >= 15 is 0 Å². The van der Waals surface area contributed by atoms with Gasteiger partial charge in [0.25, 0.3) is 0 Å². The van der Waals surface area contributed by atoms with Crippen molar-refractivity contribution < 1.29 is 0 Å². The van der Waals surface area contributed by atoms with Crippen molar-refractivity contribution in [3.63, 3.8) is 0 Å². The predicted octanol–water partition coefficient (Wildman–Crippen LogP) is 2.53. The minimum atomic E-state index is 0.575. The molecule has 0 spiro atoms. The molecule has 0 bridgehead atoms. The van der Waals surface area contributed by atoms with Gasteiger partial charge in [0.1, 0.15) is 0 Å². The molecule has 2 N–H and O–H groups in total. The first-order chi connectivity index (χ1) is 8.00. The third-order valence-electron chi connectivity index (χ3n) is 2.55. The topological polar surface area (TPSA) is 42.2 Å². The minimum absolute atomic E-state index is 0.575. The van der Waals surface area contributed by atoms with Crippen LogP contribution in [0.3, 0.4) is 0 Å². The van der Waals surface area contributed by atoms with E-state index in [0.717, 1.165) is 19.5 Å². The fourth-order valence-electron chi connectivity index (χ4n) is 1.82. The number of aryl methyl sites for hydroxylation is 1. The fourth-order valence-corrected chi connectivity index (χ4v) is 1.91. The van der Waals surface area contributed by atoms with E-state index in [4.69, 9.17) is 18.0 Å². The lowest BCUT2D eigenvalue weighted by molar-refractivity contribution is 0.613. The molecule has 1 rings (SSSR count). The van der Waals surface area contributed by atoms with Crippen LogP contribution in [0.5, 0.6) is 0 Å². The van der Waals surface area contributed by atoms with Gasteiger partial charge < -0.3 is 10.6 Å². The molecule has 17 heavy (non-hydrogen) atoms. The highest BCUT2D eigenvalue weighted by molar-refractivity contribution is 7.80. The fraction of sp³-hybridized carbons (Fsp3) is 0.538. The second-order valence-corrected chi connectivity index (χ2v) is 5.24. The molecule has 0 radical (unpaired) electrons. The molecule has 0 atom stereocenters. The molecule has 0 aliphatic rings. The molecule has 1 heterocycles. The van der Waals surface area contributed by atoms with Crippen molar-refractivity contribution in [3.05, 3.63) is 24.0 Å². The summed E-state index contributed by atoms with van der Waals surface area (Å²) in [5.41, 5.74) is 8.00. The van der Waals surface area contributed by atoms with E-state index in [2.05, 4.69) is 36.7 Å². The lowest BCUT2D eigenvalue weighted by atomic mass is 10.1. The van der Waals surface area contributed by atoms with Crippen LogP contribution in [0.25, 0.3) is 0 Å². The highest BCUT2D eigenvalue weighted by atomic mass is 32.1. The van der Waals surface area contributed by atoms with Gasteiger partial charge in [-0.15, -0.1) is 0 Å². The van der Waals surface area contributed by atoms with E-state index in [1.165, 1.54) is 11.3 Å². The molecule has 0 aliphatic carbocycles. The van der Waals surface area contributed by atoms with Gasteiger partial charge in [-0.3, -0.25) is 4.98 Å². The van der Waals surface area contributed by atoms with Crippen LogP contribution in [0.4, 0.5) is 5.69 Å². The van der Waals surface area contributed by atoms with Crippen LogP contribution in [0, 0.1) is 12.8 Å². The number of hydrogen-bond acceptors (Lipinski definition) is 3. The molecule has 1 aromatic heterocycles. The summed E-state index contributed by atoms with van der Waals surface area (Å²) >= 11 is 4.95. The summed E-state index contributed by atoms with van der Waals surface area (Å²) in [4.78, 5) is 7.03. The lowest BCUT2D eigenvalue weighted by Crippen LogP contribution is -2.31. The summed E-state index contributed by atoms with van der Waals surface area (Å²) in [5.74, 6) is 0.605. The highest BCUT2D eigenvalue weighted by Crippen LogP contribution is 2.19. The van der Waals surface area contributed by atoms with Crippen molar-refractivity contribution in [1.29, 1.82) is 0 Å². The van der Waals surface area contributed by atoms with Gasteiger partial charge >= 0.3 is 0 Å². The number of hydrogen-bond donors (Lipinski definition) is 1. The summed E-state index contributed by atoms with van der Waals surface area (Å²) in [6.45, 7) is 8.39. The van der Waals surface area contributed by atoms with Crippen LogP contribution in [0.15, 0.2) is 18.5 Å². The van der Waals surface area contributed by atoms with Gasteiger partial charge in [-0.25, -0.2) is 0 Å². The van der Waals surface area contributed by atoms with Gasteiger partial charge in [0.05, 0.1) is 4.99 Å². The number of rotatable bonds is 6. The molecular weight excluding hydrogens is 230 g/mol. The maximum Gasteiger partial charge on any atom is 0.0745 e. The van der Waals surface area contributed by atoms with Crippen molar-refractivity contribution in [1.82, 2.24) is 4.98 Å². The summed E-state index contributed by atoms with van der Waals surface area (Å²) in [7, 11) is 0. The Kier molecular flexibility index (Phi) is 5.35. The zero-order valence-electron chi connectivity index (χ0n) is 10.8. The third-order valence-corrected chi connectivity index (χ3v) is 2.75. The quantitative estimate of drug-likeness (QED) is 0.789. The van der Waals surface area contributed by atoms with Gasteiger partial charge in [-0.2, -0.15) is 0 Å². The maximum atomic E-state index is 5.58. The maximum absolute atomic E-state index is 5.58. The van der Waals surface area contributed by atoms with Gasteiger partial charge in [0, 0.05) is 37.6 Å². The van der Waals surface area contributed by atoms with Gasteiger partial charge in [-0.1, -0.05) is 26.1 Å². The number of nitrogens with two attached hydrogens (primary N) is 1. The molecule has 0 aromatic carbocycles.